The zero-order valence-electron chi connectivity index (χ0n) is 19.8. The summed E-state index contributed by atoms with van der Waals surface area (Å²) in [6.45, 7) is 10.9. The predicted molar refractivity (Wildman–Crippen MR) is 134 cm³/mol. The van der Waals surface area contributed by atoms with Gasteiger partial charge in [0.15, 0.2) is 5.65 Å². The number of amides is 1. The Morgan fingerprint density at radius 1 is 1.15 bits per heavy atom. The summed E-state index contributed by atoms with van der Waals surface area (Å²) < 4.78 is 34.0. The minimum absolute atomic E-state index is 0.120. The van der Waals surface area contributed by atoms with Crippen LogP contribution in [0.1, 0.15) is 33.3 Å². The molecule has 9 nitrogen and oxygen atoms in total. The second-order valence-corrected chi connectivity index (χ2v) is 12.1. The quantitative estimate of drug-likeness (QED) is 0.483. The van der Waals surface area contributed by atoms with Crippen molar-refractivity contribution in [2.75, 3.05) is 24.5 Å². The van der Waals surface area contributed by atoms with E-state index in [2.05, 4.69) is 25.9 Å². The number of aryl methyl sites for hydroxylation is 1. The van der Waals surface area contributed by atoms with Crippen LogP contribution in [0.15, 0.2) is 46.2 Å². The number of rotatable bonds is 3. The van der Waals surface area contributed by atoms with Crippen molar-refractivity contribution in [2.24, 2.45) is 0 Å². The molecule has 0 radical (unpaired) electrons. The molecule has 1 saturated heterocycles. The van der Waals surface area contributed by atoms with Gasteiger partial charge in [0.1, 0.15) is 17.7 Å². The molecule has 1 aliphatic heterocycles. The Bertz CT molecular complexity index is 1330. The molecular formula is C23H28BrN5O4S. The maximum Gasteiger partial charge on any atom is 0.410 e. The molecule has 1 atom stereocenters. The topological polar surface area (TPSA) is 97.6 Å². The number of benzene rings is 1. The third kappa shape index (κ3) is 4.63. The van der Waals surface area contributed by atoms with Gasteiger partial charge in [-0.25, -0.2) is 27.2 Å². The number of hydrogen-bond donors (Lipinski definition) is 0. The second kappa shape index (κ2) is 8.84. The van der Waals surface area contributed by atoms with Crippen LogP contribution in [0.4, 0.5) is 10.6 Å². The molecule has 1 amide bonds. The Kier molecular flexibility index (Phi) is 6.36. The smallest absolute Gasteiger partial charge is 0.410 e. The first-order valence-corrected chi connectivity index (χ1v) is 13.2. The molecule has 0 aliphatic carbocycles. The summed E-state index contributed by atoms with van der Waals surface area (Å²) in [7, 11) is -3.85. The average molecular weight is 550 g/mol. The van der Waals surface area contributed by atoms with E-state index < -0.39 is 15.6 Å². The summed E-state index contributed by atoms with van der Waals surface area (Å²) >= 11 is 3.52. The van der Waals surface area contributed by atoms with Crippen LogP contribution >= 0.6 is 15.9 Å². The summed E-state index contributed by atoms with van der Waals surface area (Å²) in [5.74, 6) is 0.616. The number of hydrogen-bond acceptors (Lipinski definition) is 7. The number of nitrogens with zero attached hydrogens (tertiary/aromatic N) is 5. The van der Waals surface area contributed by atoms with Crippen molar-refractivity contribution >= 4 is 48.9 Å². The van der Waals surface area contributed by atoms with E-state index in [0.29, 0.717) is 41.0 Å². The standard InChI is InChI=1S/C23H28BrN5O4S/c1-15-6-8-17(9-7-15)34(31,32)29-13-18(24)19-20(25-14-26-21(19)29)27-10-11-28(16(2)12-27)22(30)33-23(3,4)5/h6-9,13-14,16H,10-12H2,1-5H3. The van der Waals surface area contributed by atoms with Gasteiger partial charge in [-0.3, -0.25) is 0 Å². The van der Waals surface area contributed by atoms with Crippen molar-refractivity contribution < 1.29 is 17.9 Å². The van der Waals surface area contributed by atoms with Crippen LogP contribution in [-0.2, 0) is 14.8 Å². The van der Waals surface area contributed by atoms with E-state index in [-0.39, 0.29) is 17.0 Å². The maximum atomic E-state index is 13.4. The number of ether oxygens (including phenoxy) is 1. The number of carbonyl (C=O) groups excluding carboxylic acids is 1. The lowest BCUT2D eigenvalue weighted by Crippen LogP contribution is -2.55. The number of fused-ring (bicyclic) bond motifs is 1. The van der Waals surface area contributed by atoms with Gasteiger partial charge in [-0.15, -0.1) is 0 Å². The molecule has 0 spiro atoms. The molecule has 1 fully saturated rings. The van der Waals surface area contributed by atoms with E-state index in [9.17, 15) is 13.2 Å². The average Bonchev–Trinajstić information content (AvgIpc) is 3.10. The molecule has 1 aromatic carbocycles. The van der Waals surface area contributed by atoms with Crippen LogP contribution in [0, 0.1) is 6.92 Å². The van der Waals surface area contributed by atoms with Gasteiger partial charge in [-0.1, -0.05) is 17.7 Å². The van der Waals surface area contributed by atoms with Crippen LogP contribution in [0.25, 0.3) is 11.0 Å². The normalized spacial score (nSPS) is 17.3. The molecule has 4 rings (SSSR count). The van der Waals surface area contributed by atoms with E-state index >= 15 is 0 Å². The van der Waals surface area contributed by atoms with Crippen molar-refractivity contribution in [3.63, 3.8) is 0 Å². The highest BCUT2D eigenvalue weighted by molar-refractivity contribution is 9.10. The predicted octanol–water partition coefficient (Wildman–Crippen LogP) is 4.18. The SMILES string of the molecule is Cc1ccc(S(=O)(=O)n2cc(Br)c3c(N4CCN(C(=O)OC(C)(C)C)C(C)C4)ncnc32)cc1. The zero-order valence-corrected chi connectivity index (χ0v) is 22.2. The lowest BCUT2D eigenvalue weighted by atomic mass is 10.2. The van der Waals surface area contributed by atoms with E-state index in [1.807, 2.05) is 39.5 Å². The van der Waals surface area contributed by atoms with Gasteiger partial charge >= 0.3 is 6.09 Å². The molecule has 2 aromatic heterocycles. The van der Waals surface area contributed by atoms with Gasteiger partial charge in [0.05, 0.1) is 10.3 Å². The Balaban J connectivity index is 1.67. The van der Waals surface area contributed by atoms with Gasteiger partial charge in [0, 0.05) is 36.3 Å². The fourth-order valence-corrected chi connectivity index (χ4v) is 5.98. The summed E-state index contributed by atoms with van der Waals surface area (Å²) in [6, 6.07) is 6.58. The van der Waals surface area contributed by atoms with E-state index in [1.54, 1.807) is 29.2 Å². The number of anilines is 1. The van der Waals surface area contributed by atoms with Crippen LogP contribution in [0.5, 0.6) is 0 Å². The Morgan fingerprint density at radius 2 is 1.82 bits per heavy atom. The van der Waals surface area contributed by atoms with Crippen molar-refractivity contribution in [3.05, 3.63) is 46.8 Å². The monoisotopic (exact) mass is 549 g/mol. The molecular weight excluding hydrogens is 522 g/mol. The third-order valence-electron chi connectivity index (χ3n) is 5.62. The molecule has 0 saturated carbocycles. The lowest BCUT2D eigenvalue weighted by molar-refractivity contribution is 0.0158. The van der Waals surface area contributed by atoms with Gasteiger partial charge in [0.2, 0.25) is 0 Å². The summed E-state index contributed by atoms with van der Waals surface area (Å²) in [5, 5.41) is 0.608. The van der Waals surface area contributed by atoms with E-state index in [1.165, 1.54) is 16.5 Å². The van der Waals surface area contributed by atoms with Crippen molar-refractivity contribution in [2.45, 2.75) is 51.2 Å². The number of carbonyl (C=O) groups is 1. The first-order chi connectivity index (χ1) is 15.9. The Labute approximate surface area is 207 Å². The van der Waals surface area contributed by atoms with Crippen molar-refractivity contribution in [3.8, 4) is 0 Å². The molecule has 3 aromatic rings. The minimum Gasteiger partial charge on any atom is -0.444 e. The van der Waals surface area contributed by atoms with Gasteiger partial charge in [0.25, 0.3) is 10.0 Å². The molecule has 0 bridgehead atoms. The summed E-state index contributed by atoms with van der Waals surface area (Å²) in [6.07, 6.45) is 2.54. The summed E-state index contributed by atoms with van der Waals surface area (Å²) in [5.41, 5.74) is 0.699. The minimum atomic E-state index is -3.85. The van der Waals surface area contributed by atoms with Crippen molar-refractivity contribution in [1.82, 2.24) is 18.8 Å². The fourth-order valence-electron chi connectivity index (χ4n) is 3.97. The molecule has 34 heavy (non-hydrogen) atoms. The van der Waals surface area contributed by atoms with E-state index in [0.717, 1.165) is 5.56 Å². The Hall–Kier alpha value is -2.66. The third-order valence-corrected chi connectivity index (χ3v) is 7.88. The molecule has 1 aliphatic rings. The number of halogens is 1. The van der Waals surface area contributed by atoms with Gasteiger partial charge in [-0.05, 0) is 62.7 Å². The second-order valence-electron chi connectivity index (χ2n) is 9.46. The number of piperazine rings is 1. The molecule has 1 unspecified atom stereocenters. The van der Waals surface area contributed by atoms with Gasteiger partial charge in [-0.2, -0.15) is 0 Å². The number of aromatic nitrogens is 3. The Morgan fingerprint density at radius 3 is 2.44 bits per heavy atom. The molecule has 3 heterocycles. The van der Waals surface area contributed by atoms with Crippen LogP contribution < -0.4 is 4.90 Å². The molecule has 0 N–H and O–H groups in total. The fraction of sp³-hybridized carbons (Fsp3) is 0.435. The first-order valence-electron chi connectivity index (χ1n) is 11.0. The largest absolute Gasteiger partial charge is 0.444 e. The summed E-state index contributed by atoms with van der Waals surface area (Å²) in [4.78, 5) is 25.3. The van der Waals surface area contributed by atoms with Crippen LogP contribution in [0.3, 0.4) is 0 Å². The molecule has 11 heteroatoms. The highest BCUT2D eigenvalue weighted by atomic mass is 79.9. The molecule has 182 valence electrons. The first kappa shape index (κ1) is 24.5. The highest BCUT2D eigenvalue weighted by Crippen LogP contribution is 2.35. The highest BCUT2D eigenvalue weighted by Gasteiger charge is 2.33. The van der Waals surface area contributed by atoms with Crippen LogP contribution in [0.2, 0.25) is 0 Å². The van der Waals surface area contributed by atoms with Crippen LogP contribution in [-0.4, -0.2) is 64.6 Å². The van der Waals surface area contributed by atoms with Gasteiger partial charge < -0.3 is 14.5 Å². The van der Waals surface area contributed by atoms with E-state index in [4.69, 9.17) is 4.74 Å². The maximum absolute atomic E-state index is 13.4. The zero-order chi connectivity index (χ0) is 24.8. The van der Waals surface area contributed by atoms with Crippen molar-refractivity contribution in [1.29, 1.82) is 0 Å². The lowest BCUT2D eigenvalue weighted by Gasteiger charge is -2.40.